The Morgan fingerprint density at radius 3 is 2.93 bits per heavy atom. The van der Waals surface area contributed by atoms with Crippen molar-refractivity contribution in [3.63, 3.8) is 0 Å². The van der Waals surface area contributed by atoms with Gasteiger partial charge in [0.15, 0.2) is 0 Å². The average Bonchev–Trinajstić information content (AvgIpc) is 3.41. The third-order valence-corrected chi connectivity index (χ3v) is 5.33. The zero-order chi connectivity index (χ0) is 19.1. The molecule has 4 aromatic rings. The van der Waals surface area contributed by atoms with E-state index in [1.807, 2.05) is 30.3 Å². The van der Waals surface area contributed by atoms with Crippen LogP contribution in [0.2, 0.25) is 0 Å². The van der Waals surface area contributed by atoms with Crippen molar-refractivity contribution in [2.45, 2.75) is 25.9 Å². The number of para-hydroxylation sites is 3. The zero-order valence-corrected chi connectivity index (χ0v) is 15.5. The predicted molar refractivity (Wildman–Crippen MR) is 108 cm³/mol. The summed E-state index contributed by atoms with van der Waals surface area (Å²) >= 11 is 0. The van der Waals surface area contributed by atoms with Gasteiger partial charge in [0.2, 0.25) is 0 Å². The number of fused-ring (bicyclic) bond motifs is 2. The van der Waals surface area contributed by atoms with Gasteiger partial charge in [0.1, 0.15) is 12.1 Å². The largest absolute Gasteiger partial charge is 0.467 e. The lowest BCUT2D eigenvalue weighted by Crippen LogP contribution is -2.30. The number of aromatic nitrogens is 2. The lowest BCUT2D eigenvalue weighted by molar-refractivity contribution is 0.101. The zero-order valence-electron chi connectivity index (χ0n) is 15.5. The van der Waals surface area contributed by atoms with E-state index in [2.05, 4.69) is 40.4 Å². The maximum absolute atomic E-state index is 12.9. The molecule has 1 unspecified atom stereocenters. The van der Waals surface area contributed by atoms with E-state index in [0.29, 0.717) is 23.9 Å². The van der Waals surface area contributed by atoms with Crippen LogP contribution in [-0.4, -0.2) is 21.6 Å². The van der Waals surface area contributed by atoms with E-state index < -0.39 is 0 Å². The number of hydrogen-bond donors (Lipinski definition) is 1. The van der Waals surface area contributed by atoms with Gasteiger partial charge in [-0.1, -0.05) is 30.3 Å². The highest BCUT2D eigenvalue weighted by Gasteiger charge is 2.28. The Morgan fingerprint density at radius 2 is 2.00 bits per heavy atom. The number of hydrogen-bond acceptors (Lipinski definition) is 4. The molecule has 0 fully saturated rings. The fourth-order valence-electron chi connectivity index (χ4n) is 3.91. The number of anilines is 1. The van der Waals surface area contributed by atoms with Crippen LogP contribution in [0.3, 0.4) is 0 Å². The topological polar surface area (TPSA) is 63.3 Å². The van der Waals surface area contributed by atoms with Crippen molar-refractivity contribution >= 4 is 22.6 Å². The summed E-state index contributed by atoms with van der Waals surface area (Å²) in [6, 6.07) is 18.1. The van der Waals surface area contributed by atoms with E-state index in [1.165, 1.54) is 11.3 Å². The molecule has 5 rings (SSSR count). The molecule has 0 aliphatic carbocycles. The van der Waals surface area contributed by atoms with Crippen LogP contribution in [0.5, 0.6) is 0 Å². The van der Waals surface area contributed by atoms with E-state index >= 15 is 0 Å². The van der Waals surface area contributed by atoms with E-state index in [1.54, 1.807) is 23.3 Å². The minimum Gasteiger partial charge on any atom is -0.467 e. The molecule has 6 nitrogen and oxygen atoms in total. The molecule has 140 valence electrons. The number of carbonyl (C=O) groups excluding carboxylic acids is 1. The van der Waals surface area contributed by atoms with Gasteiger partial charge >= 0.3 is 0 Å². The van der Waals surface area contributed by atoms with E-state index in [-0.39, 0.29) is 5.91 Å². The molecule has 2 aromatic heterocycles. The van der Waals surface area contributed by atoms with Crippen molar-refractivity contribution in [1.82, 2.24) is 9.66 Å². The monoisotopic (exact) mass is 372 g/mol. The number of carbonyl (C=O) groups is 1. The highest BCUT2D eigenvalue weighted by molar-refractivity contribution is 6.01. The summed E-state index contributed by atoms with van der Waals surface area (Å²) in [6.07, 6.45) is 4.18. The minimum atomic E-state index is -0.216. The average molecular weight is 372 g/mol. The Kier molecular flexibility index (Phi) is 3.90. The van der Waals surface area contributed by atoms with E-state index in [0.717, 1.165) is 17.5 Å². The van der Waals surface area contributed by atoms with Gasteiger partial charge in [-0.15, -0.1) is 0 Å². The smallest absolute Gasteiger partial charge is 0.273 e. The fourth-order valence-corrected chi connectivity index (χ4v) is 3.91. The van der Waals surface area contributed by atoms with Crippen LogP contribution < -0.4 is 10.3 Å². The van der Waals surface area contributed by atoms with Gasteiger partial charge < -0.3 is 9.32 Å². The third kappa shape index (κ3) is 2.74. The summed E-state index contributed by atoms with van der Waals surface area (Å²) in [5, 5.41) is 0. The molecule has 1 aliphatic heterocycles. The molecule has 1 aliphatic rings. The fraction of sp³-hybridized carbons (Fsp3) is 0.182. The van der Waals surface area contributed by atoms with E-state index in [9.17, 15) is 4.79 Å². The number of nitrogens with zero attached hydrogens (tertiary/aromatic N) is 3. The molecule has 2 aromatic carbocycles. The van der Waals surface area contributed by atoms with Gasteiger partial charge in [0.25, 0.3) is 5.91 Å². The SMILES string of the molecule is CC1Cc2ccccc2N1Cc1occc1C(=O)Nn1cnc2ccccc21. The van der Waals surface area contributed by atoms with Gasteiger partial charge in [-0.05, 0) is 43.2 Å². The highest BCUT2D eigenvalue weighted by Crippen LogP contribution is 2.33. The van der Waals surface area contributed by atoms with Crippen molar-refractivity contribution in [3.05, 3.63) is 84.1 Å². The number of nitrogens with one attached hydrogen (secondary N) is 1. The maximum Gasteiger partial charge on any atom is 0.273 e. The summed E-state index contributed by atoms with van der Waals surface area (Å²) in [5.41, 5.74) is 7.66. The molecule has 1 amide bonds. The summed E-state index contributed by atoms with van der Waals surface area (Å²) in [7, 11) is 0. The Bertz CT molecular complexity index is 1160. The summed E-state index contributed by atoms with van der Waals surface area (Å²) in [5.74, 6) is 0.442. The van der Waals surface area contributed by atoms with Crippen molar-refractivity contribution in [3.8, 4) is 0 Å². The number of rotatable bonds is 4. The van der Waals surface area contributed by atoms with Crippen molar-refractivity contribution in [2.24, 2.45) is 0 Å². The van der Waals surface area contributed by atoms with Crippen LogP contribution in [-0.2, 0) is 13.0 Å². The normalized spacial score (nSPS) is 15.8. The van der Waals surface area contributed by atoms with E-state index in [4.69, 9.17) is 4.42 Å². The van der Waals surface area contributed by atoms with Crippen molar-refractivity contribution in [2.75, 3.05) is 10.3 Å². The third-order valence-electron chi connectivity index (χ3n) is 5.33. The predicted octanol–water partition coefficient (Wildman–Crippen LogP) is 3.96. The van der Waals surface area contributed by atoms with Crippen molar-refractivity contribution < 1.29 is 9.21 Å². The first kappa shape index (κ1) is 16.6. The van der Waals surface area contributed by atoms with Crippen LogP contribution in [0.15, 0.2) is 71.6 Å². The van der Waals surface area contributed by atoms with Gasteiger partial charge in [0, 0.05) is 11.7 Å². The van der Waals surface area contributed by atoms with Gasteiger partial charge in [-0.25, -0.2) is 9.66 Å². The molecule has 0 saturated heterocycles. The molecule has 6 heteroatoms. The lowest BCUT2D eigenvalue weighted by Gasteiger charge is -2.24. The molecule has 0 saturated carbocycles. The molecule has 0 bridgehead atoms. The van der Waals surface area contributed by atoms with Crippen LogP contribution in [0.1, 0.15) is 28.6 Å². The molecule has 3 heterocycles. The molecule has 0 radical (unpaired) electrons. The Labute approximate surface area is 162 Å². The number of amides is 1. The summed E-state index contributed by atoms with van der Waals surface area (Å²) < 4.78 is 7.33. The molecule has 28 heavy (non-hydrogen) atoms. The van der Waals surface area contributed by atoms with Crippen LogP contribution in [0.4, 0.5) is 5.69 Å². The molecule has 1 N–H and O–H groups in total. The highest BCUT2D eigenvalue weighted by atomic mass is 16.3. The number of furan rings is 1. The second-order valence-electron chi connectivity index (χ2n) is 7.11. The molecular weight excluding hydrogens is 352 g/mol. The van der Waals surface area contributed by atoms with Gasteiger partial charge in [-0.3, -0.25) is 10.2 Å². The van der Waals surface area contributed by atoms with Gasteiger partial charge in [-0.2, -0.15) is 0 Å². The van der Waals surface area contributed by atoms with Crippen LogP contribution >= 0.6 is 0 Å². The molecule has 0 spiro atoms. The molecular formula is C22H20N4O2. The second kappa shape index (κ2) is 6.56. The lowest BCUT2D eigenvalue weighted by atomic mass is 10.1. The second-order valence-corrected chi connectivity index (χ2v) is 7.11. The quantitative estimate of drug-likeness (QED) is 0.589. The Hall–Kier alpha value is -3.54. The first-order valence-electron chi connectivity index (χ1n) is 9.35. The first-order valence-corrected chi connectivity index (χ1v) is 9.35. The maximum atomic E-state index is 12.9. The standard InChI is InChI=1S/C22H20N4O2/c1-15-12-16-6-2-4-8-19(16)25(15)13-21-17(10-11-28-21)22(27)24-26-14-23-18-7-3-5-9-20(18)26/h2-11,14-15H,12-13H2,1H3,(H,24,27). The Morgan fingerprint density at radius 1 is 1.18 bits per heavy atom. The van der Waals surface area contributed by atoms with Gasteiger partial charge in [0.05, 0.1) is 29.4 Å². The first-order chi connectivity index (χ1) is 13.7. The summed E-state index contributed by atoms with van der Waals surface area (Å²) in [6.45, 7) is 2.75. The summed E-state index contributed by atoms with van der Waals surface area (Å²) in [4.78, 5) is 19.5. The molecule has 1 atom stereocenters. The van der Waals surface area contributed by atoms with Crippen LogP contribution in [0, 0.1) is 0 Å². The Balaban J connectivity index is 1.40. The number of imidazole rings is 1. The van der Waals surface area contributed by atoms with Crippen molar-refractivity contribution in [1.29, 1.82) is 0 Å². The minimum absolute atomic E-state index is 0.216. The van der Waals surface area contributed by atoms with Crippen LogP contribution in [0.25, 0.3) is 11.0 Å². The number of benzene rings is 2.